The zero-order valence-electron chi connectivity index (χ0n) is 13.4. The lowest BCUT2D eigenvalue weighted by Gasteiger charge is -2.01. The Morgan fingerprint density at radius 3 is 2.69 bits per heavy atom. The van der Waals surface area contributed by atoms with Crippen LogP contribution in [-0.4, -0.2) is 18.9 Å². The molecule has 1 amide bonds. The zero-order valence-corrected chi connectivity index (χ0v) is 13.4. The highest BCUT2D eigenvalue weighted by atomic mass is 19.1. The lowest BCUT2D eigenvalue weighted by molar-refractivity contribution is 0.0954. The lowest BCUT2D eigenvalue weighted by atomic mass is 10.2. The van der Waals surface area contributed by atoms with Crippen molar-refractivity contribution < 1.29 is 23.1 Å². The van der Waals surface area contributed by atoms with Crippen molar-refractivity contribution in [2.75, 3.05) is 6.79 Å². The summed E-state index contributed by atoms with van der Waals surface area (Å²) in [6.07, 6.45) is 1.39. The predicted octanol–water partition coefficient (Wildman–Crippen LogP) is 3.58. The molecule has 0 saturated carbocycles. The molecule has 26 heavy (non-hydrogen) atoms. The monoisotopic (exact) mass is 352 g/mol. The molecule has 2 aromatic carbocycles. The van der Waals surface area contributed by atoms with E-state index in [1.807, 2.05) is 0 Å². The van der Waals surface area contributed by atoms with Crippen LogP contribution in [0, 0.1) is 5.82 Å². The van der Waals surface area contributed by atoms with E-state index in [1.54, 1.807) is 42.5 Å². The number of carbonyl (C=O) groups is 1. The summed E-state index contributed by atoms with van der Waals surface area (Å²) in [6, 6.07) is 14.3. The molecule has 6 nitrogen and oxygen atoms in total. The van der Waals surface area contributed by atoms with Gasteiger partial charge in [-0.05, 0) is 54.6 Å². The maximum atomic E-state index is 13.0. The third-order valence-electron chi connectivity index (χ3n) is 3.75. The molecule has 0 atom stereocenters. The van der Waals surface area contributed by atoms with Gasteiger partial charge in [0.1, 0.15) is 17.3 Å². The molecule has 1 N–H and O–H groups in total. The Kier molecular flexibility index (Phi) is 4.10. The standard InChI is InChI=1S/C19H13FN2O4/c20-14-4-1-12(2-5-14)16-8-6-15(26-16)10-21-22-19(23)13-3-7-17-18(9-13)25-11-24-17/h1-10H,11H2,(H,22,23)/b21-10+. The number of hydrogen-bond acceptors (Lipinski definition) is 5. The molecule has 1 aliphatic heterocycles. The van der Waals surface area contributed by atoms with Gasteiger partial charge in [-0.1, -0.05) is 0 Å². The molecule has 2 heterocycles. The van der Waals surface area contributed by atoms with E-state index in [2.05, 4.69) is 10.5 Å². The number of benzene rings is 2. The zero-order chi connectivity index (χ0) is 17.9. The minimum Gasteiger partial charge on any atom is -0.455 e. The molecule has 0 aliphatic carbocycles. The number of ether oxygens (including phenoxy) is 2. The van der Waals surface area contributed by atoms with Crippen molar-refractivity contribution in [2.24, 2.45) is 5.10 Å². The molecule has 1 aliphatic rings. The highest BCUT2D eigenvalue weighted by Gasteiger charge is 2.15. The van der Waals surface area contributed by atoms with Crippen LogP contribution in [0.4, 0.5) is 4.39 Å². The van der Waals surface area contributed by atoms with Crippen LogP contribution in [0.15, 0.2) is 64.1 Å². The number of hydrazone groups is 1. The molecule has 0 fully saturated rings. The van der Waals surface area contributed by atoms with Crippen molar-refractivity contribution in [1.82, 2.24) is 5.43 Å². The SMILES string of the molecule is O=C(N/N=C/c1ccc(-c2ccc(F)cc2)o1)c1ccc2c(c1)OCO2. The van der Waals surface area contributed by atoms with E-state index >= 15 is 0 Å². The van der Waals surface area contributed by atoms with Gasteiger partial charge in [-0.25, -0.2) is 9.82 Å². The molecule has 0 bridgehead atoms. The second-order valence-corrected chi connectivity index (χ2v) is 5.48. The summed E-state index contributed by atoms with van der Waals surface area (Å²) >= 11 is 0. The highest BCUT2D eigenvalue weighted by Crippen LogP contribution is 2.32. The third kappa shape index (κ3) is 3.27. The Balaban J connectivity index is 1.41. The van der Waals surface area contributed by atoms with Gasteiger partial charge in [0.25, 0.3) is 5.91 Å². The maximum Gasteiger partial charge on any atom is 0.271 e. The van der Waals surface area contributed by atoms with Crippen molar-refractivity contribution in [2.45, 2.75) is 0 Å². The summed E-state index contributed by atoms with van der Waals surface area (Å²) < 4.78 is 29.0. The highest BCUT2D eigenvalue weighted by molar-refractivity contribution is 5.95. The van der Waals surface area contributed by atoms with Crippen molar-refractivity contribution in [3.63, 3.8) is 0 Å². The largest absolute Gasteiger partial charge is 0.455 e. The molecule has 0 radical (unpaired) electrons. The van der Waals surface area contributed by atoms with Crippen molar-refractivity contribution in [3.05, 3.63) is 71.7 Å². The summed E-state index contributed by atoms with van der Waals surface area (Å²) in [4.78, 5) is 12.1. The molecular weight excluding hydrogens is 339 g/mol. The van der Waals surface area contributed by atoms with Crippen LogP contribution in [0.25, 0.3) is 11.3 Å². The van der Waals surface area contributed by atoms with Crippen LogP contribution in [0.5, 0.6) is 11.5 Å². The molecular formula is C19H13FN2O4. The molecule has 0 saturated heterocycles. The van der Waals surface area contributed by atoms with Gasteiger partial charge in [0.2, 0.25) is 6.79 Å². The molecule has 3 aromatic rings. The minimum atomic E-state index is -0.384. The summed E-state index contributed by atoms with van der Waals surface area (Å²) in [7, 11) is 0. The van der Waals surface area contributed by atoms with Gasteiger partial charge in [0, 0.05) is 11.1 Å². The summed E-state index contributed by atoms with van der Waals surface area (Å²) in [6.45, 7) is 0.146. The topological polar surface area (TPSA) is 73.1 Å². The lowest BCUT2D eigenvalue weighted by Crippen LogP contribution is -2.17. The number of hydrogen-bond donors (Lipinski definition) is 1. The van der Waals surface area contributed by atoms with Gasteiger partial charge < -0.3 is 13.9 Å². The number of furan rings is 1. The quantitative estimate of drug-likeness (QED) is 0.575. The van der Waals surface area contributed by atoms with Crippen LogP contribution < -0.4 is 14.9 Å². The second kappa shape index (κ2) is 6.72. The average Bonchev–Trinajstić information content (AvgIpc) is 3.31. The number of nitrogens with zero attached hydrogens (tertiary/aromatic N) is 1. The normalized spacial score (nSPS) is 12.5. The Labute approximate surface area is 147 Å². The second-order valence-electron chi connectivity index (χ2n) is 5.48. The van der Waals surface area contributed by atoms with Crippen LogP contribution in [-0.2, 0) is 0 Å². The first kappa shape index (κ1) is 15.9. The fraction of sp³-hybridized carbons (Fsp3) is 0.0526. The Morgan fingerprint density at radius 2 is 1.85 bits per heavy atom. The third-order valence-corrected chi connectivity index (χ3v) is 3.75. The molecule has 0 unspecified atom stereocenters. The Hall–Kier alpha value is -3.61. The number of amides is 1. The fourth-order valence-corrected chi connectivity index (χ4v) is 2.45. The van der Waals surface area contributed by atoms with Crippen molar-refractivity contribution in [1.29, 1.82) is 0 Å². The number of rotatable bonds is 4. The van der Waals surface area contributed by atoms with Gasteiger partial charge >= 0.3 is 0 Å². The van der Waals surface area contributed by atoms with Gasteiger partial charge in [-0.3, -0.25) is 4.79 Å². The van der Waals surface area contributed by atoms with Crippen molar-refractivity contribution in [3.8, 4) is 22.8 Å². The predicted molar refractivity (Wildman–Crippen MR) is 91.7 cm³/mol. The fourth-order valence-electron chi connectivity index (χ4n) is 2.45. The molecule has 7 heteroatoms. The molecule has 1 aromatic heterocycles. The van der Waals surface area contributed by atoms with E-state index in [4.69, 9.17) is 13.9 Å². The van der Waals surface area contributed by atoms with Gasteiger partial charge in [0.15, 0.2) is 11.5 Å². The maximum absolute atomic E-state index is 13.0. The number of halogens is 1. The summed E-state index contributed by atoms with van der Waals surface area (Å²) in [5, 5.41) is 3.88. The van der Waals surface area contributed by atoms with E-state index in [0.29, 0.717) is 28.6 Å². The van der Waals surface area contributed by atoms with E-state index < -0.39 is 0 Å². The smallest absolute Gasteiger partial charge is 0.271 e. The molecule has 0 spiro atoms. The molecule has 130 valence electrons. The van der Waals surface area contributed by atoms with Crippen molar-refractivity contribution >= 4 is 12.1 Å². The van der Waals surface area contributed by atoms with E-state index in [-0.39, 0.29) is 18.5 Å². The number of carbonyl (C=O) groups excluding carboxylic acids is 1. The van der Waals surface area contributed by atoms with Gasteiger partial charge in [0.05, 0.1) is 6.21 Å². The average molecular weight is 352 g/mol. The van der Waals surface area contributed by atoms with E-state index in [1.165, 1.54) is 18.3 Å². The summed E-state index contributed by atoms with van der Waals surface area (Å²) in [5.74, 6) is 1.47. The van der Waals surface area contributed by atoms with E-state index in [9.17, 15) is 9.18 Å². The van der Waals surface area contributed by atoms with Crippen LogP contribution in [0.3, 0.4) is 0 Å². The first-order valence-electron chi connectivity index (χ1n) is 7.78. The number of fused-ring (bicyclic) bond motifs is 1. The summed E-state index contributed by atoms with van der Waals surface area (Å²) in [5.41, 5.74) is 3.57. The first-order valence-corrected chi connectivity index (χ1v) is 7.78. The minimum absolute atomic E-state index is 0.146. The van der Waals surface area contributed by atoms with Gasteiger partial charge in [-0.2, -0.15) is 5.10 Å². The Bertz CT molecular complexity index is 979. The Morgan fingerprint density at radius 1 is 1.04 bits per heavy atom. The van der Waals surface area contributed by atoms with Crippen LogP contribution in [0.2, 0.25) is 0 Å². The first-order chi connectivity index (χ1) is 12.7. The van der Waals surface area contributed by atoms with Crippen LogP contribution in [0.1, 0.15) is 16.1 Å². The molecule has 4 rings (SSSR count). The van der Waals surface area contributed by atoms with Crippen LogP contribution >= 0.6 is 0 Å². The van der Waals surface area contributed by atoms with E-state index in [0.717, 1.165) is 5.56 Å². The van der Waals surface area contributed by atoms with Gasteiger partial charge in [-0.15, -0.1) is 0 Å². The number of nitrogens with one attached hydrogen (secondary N) is 1.